The van der Waals surface area contributed by atoms with Crippen LogP contribution in [0.3, 0.4) is 0 Å². The van der Waals surface area contributed by atoms with Crippen molar-refractivity contribution in [1.29, 1.82) is 0 Å². The highest BCUT2D eigenvalue weighted by molar-refractivity contribution is 7.89. The van der Waals surface area contributed by atoms with Crippen LogP contribution in [-0.4, -0.2) is 36.1 Å². The second-order valence-corrected chi connectivity index (χ2v) is 7.44. The second kappa shape index (κ2) is 5.27. The van der Waals surface area contributed by atoms with Crippen molar-refractivity contribution >= 4 is 21.5 Å². The molecule has 1 fully saturated rings. The lowest BCUT2D eigenvalue weighted by atomic mass is 10.2. The first-order valence-corrected chi connectivity index (χ1v) is 8.62. The molecule has 1 aliphatic carbocycles. The van der Waals surface area contributed by atoms with Crippen LogP contribution in [0.15, 0.2) is 23.2 Å². The van der Waals surface area contributed by atoms with Gasteiger partial charge in [-0.1, -0.05) is 0 Å². The van der Waals surface area contributed by atoms with E-state index in [2.05, 4.69) is 9.82 Å². The van der Waals surface area contributed by atoms with Gasteiger partial charge in [0.1, 0.15) is 5.56 Å². The number of hydrogen-bond acceptors (Lipinski definition) is 5. The maximum atomic E-state index is 14.1. The van der Waals surface area contributed by atoms with E-state index in [0.717, 1.165) is 29.6 Å². The fourth-order valence-electron chi connectivity index (χ4n) is 2.22. The summed E-state index contributed by atoms with van der Waals surface area (Å²) in [6, 6.07) is 2.10. The van der Waals surface area contributed by atoms with Crippen LogP contribution in [0.1, 0.15) is 37.0 Å². The monoisotopic (exact) mass is 341 g/mol. The lowest BCUT2D eigenvalue weighted by molar-refractivity contribution is 0.0528. The number of carbonyl (C=O) groups excluding carboxylic acids is 1. The van der Waals surface area contributed by atoms with E-state index < -0.39 is 27.5 Å². The van der Waals surface area contributed by atoms with Crippen LogP contribution in [-0.2, 0) is 14.8 Å². The van der Waals surface area contributed by atoms with Crippen molar-refractivity contribution in [3.8, 4) is 0 Å². The van der Waals surface area contributed by atoms with Gasteiger partial charge in [-0.05, 0) is 32.8 Å². The number of pyridine rings is 1. The van der Waals surface area contributed by atoms with E-state index in [4.69, 9.17) is 4.74 Å². The zero-order valence-corrected chi connectivity index (χ0v) is 13.5. The maximum Gasteiger partial charge on any atom is 0.341 e. The third kappa shape index (κ3) is 2.93. The predicted molar refractivity (Wildman–Crippen MR) is 79.1 cm³/mol. The number of hydrogen-bond donors (Lipinski definition) is 1. The van der Waals surface area contributed by atoms with E-state index in [1.54, 1.807) is 13.8 Å². The lowest BCUT2D eigenvalue weighted by Gasteiger charge is -2.12. The molecule has 0 aliphatic heterocycles. The number of ether oxygens (including phenoxy) is 1. The highest BCUT2D eigenvalue weighted by atomic mass is 32.2. The molecule has 0 amide bonds. The molecule has 2 aromatic rings. The number of carbonyl (C=O) groups is 1. The number of sulfonamides is 1. The molecule has 9 heteroatoms. The van der Waals surface area contributed by atoms with Crippen LogP contribution in [0.5, 0.6) is 0 Å². The van der Waals surface area contributed by atoms with Gasteiger partial charge in [-0.25, -0.2) is 22.4 Å². The zero-order chi connectivity index (χ0) is 16.8. The maximum absolute atomic E-state index is 14.1. The summed E-state index contributed by atoms with van der Waals surface area (Å²) in [5.74, 6) is -1.56. The van der Waals surface area contributed by atoms with Gasteiger partial charge in [-0.15, -0.1) is 0 Å². The Balaban J connectivity index is 2.09. The average molecular weight is 341 g/mol. The molecule has 23 heavy (non-hydrogen) atoms. The molecular weight excluding hydrogens is 325 g/mol. The van der Waals surface area contributed by atoms with Crippen LogP contribution >= 0.6 is 0 Å². The largest absolute Gasteiger partial charge is 0.462 e. The van der Waals surface area contributed by atoms with Gasteiger partial charge < -0.3 is 4.74 Å². The van der Waals surface area contributed by atoms with Gasteiger partial charge >= 0.3 is 5.97 Å². The van der Waals surface area contributed by atoms with Crippen molar-refractivity contribution in [2.75, 3.05) is 6.61 Å². The summed E-state index contributed by atoms with van der Waals surface area (Å²) in [4.78, 5) is 11.6. The van der Waals surface area contributed by atoms with E-state index in [1.165, 1.54) is 6.07 Å². The zero-order valence-electron chi connectivity index (χ0n) is 12.7. The van der Waals surface area contributed by atoms with E-state index >= 15 is 0 Å². The molecule has 124 valence electrons. The number of nitrogens with one attached hydrogen (secondary N) is 1. The average Bonchev–Trinajstić information content (AvgIpc) is 3.01. The first-order valence-electron chi connectivity index (χ1n) is 7.14. The molecule has 0 atom stereocenters. The summed E-state index contributed by atoms with van der Waals surface area (Å²) < 4.78 is 47.2. The quantitative estimate of drug-likeness (QED) is 0.657. The molecule has 2 aromatic heterocycles. The van der Waals surface area contributed by atoms with Crippen LogP contribution in [0, 0.1) is 5.95 Å². The molecule has 0 aromatic carbocycles. The Morgan fingerprint density at radius 2 is 2.17 bits per heavy atom. The molecule has 0 radical (unpaired) electrons. The third-order valence-electron chi connectivity index (χ3n) is 3.74. The third-order valence-corrected chi connectivity index (χ3v) is 5.35. The molecule has 1 N–H and O–H groups in total. The molecule has 1 saturated carbocycles. The van der Waals surface area contributed by atoms with E-state index in [1.807, 2.05) is 0 Å². The van der Waals surface area contributed by atoms with Crippen molar-refractivity contribution in [2.24, 2.45) is 0 Å². The summed E-state index contributed by atoms with van der Waals surface area (Å²) >= 11 is 0. The van der Waals surface area contributed by atoms with Gasteiger partial charge in [-0.3, -0.25) is 0 Å². The van der Waals surface area contributed by atoms with Gasteiger partial charge in [-0.2, -0.15) is 9.49 Å². The highest BCUT2D eigenvalue weighted by Crippen LogP contribution is 2.36. The standard InChI is InChI=1S/C14H16FN3O4S/c1-3-22-13(19)10-8-16-18-11(10)6-9(7-12(18)15)23(20,21)17-14(2)4-5-14/h6-8,17H,3-5H2,1-2H3. The summed E-state index contributed by atoms with van der Waals surface area (Å²) in [5.41, 5.74) is -0.420. The minimum atomic E-state index is -3.89. The van der Waals surface area contributed by atoms with Gasteiger partial charge in [0.25, 0.3) is 0 Å². The van der Waals surface area contributed by atoms with Crippen LogP contribution in [0.25, 0.3) is 5.52 Å². The number of halogens is 1. The summed E-state index contributed by atoms with van der Waals surface area (Å²) in [7, 11) is -3.89. The lowest BCUT2D eigenvalue weighted by Crippen LogP contribution is -2.34. The highest BCUT2D eigenvalue weighted by Gasteiger charge is 2.41. The predicted octanol–water partition coefficient (Wildman–Crippen LogP) is 1.48. The Hall–Kier alpha value is -2.00. The van der Waals surface area contributed by atoms with Gasteiger partial charge in [0.15, 0.2) is 0 Å². The Bertz CT molecular complexity index is 887. The topological polar surface area (TPSA) is 89.8 Å². The van der Waals surface area contributed by atoms with Crippen molar-refractivity contribution < 1.29 is 22.3 Å². The number of aromatic nitrogens is 2. The minimum Gasteiger partial charge on any atom is -0.462 e. The van der Waals surface area contributed by atoms with Crippen LogP contribution in [0.4, 0.5) is 4.39 Å². The van der Waals surface area contributed by atoms with E-state index in [9.17, 15) is 17.6 Å². The summed E-state index contributed by atoms with van der Waals surface area (Å²) in [6.45, 7) is 3.57. The first kappa shape index (κ1) is 15.9. The molecule has 1 aliphatic rings. The van der Waals surface area contributed by atoms with Crippen molar-refractivity contribution in [1.82, 2.24) is 14.3 Å². The molecule has 3 rings (SSSR count). The van der Waals surface area contributed by atoms with Crippen LogP contribution in [0.2, 0.25) is 0 Å². The molecule has 2 heterocycles. The second-order valence-electron chi connectivity index (χ2n) is 5.76. The van der Waals surface area contributed by atoms with Crippen molar-refractivity contribution in [2.45, 2.75) is 37.1 Å². The van der Waals surface area contributed by atoms with E-state index in [0.29, 0.717) is 0 Å². The van der Waals surface area contributed by atoms with Crippen molar-refractivity contribution in [3.05, 3.63) is 29.8 Å². The van der Waals surface area contributed by atoms with Crippen molar-refractivity contribution in [3.63, 3.8) is 0 Å². The van der Waals surface area contributed by atoms with E-state index in [-0.39, 0.29) is 22.6 Å². The van der Waals surface area contributed by atoms with Gasteiger partial charge in [0.2, 0.25) is 16.0 Å². The first-order chi connectivity index (χ1) is 10.8. The van der Waals surface area contributed by atoms with Gasteiger partial charge in [0, 0.05) is 11.6 Å². The Kier molecular flexibility index (Phi) is 3.64. The Morgan fingerprint density at radius 1 is 1.48 bits per heavy atom. The number of nitrogens with zero attached hydrogens (tertiary/aromatic N) is 2. The molecule has 0 unspecified atom stereocenters. The normalized spacial score (nSPS) is 16.5. The smallest absolute Gasteiger partial charge is 0.341 e. The number of rotatable bonds is 5. The SMILES string of the molecule is CCOC(=O)c1cnn2c(F)cc(S(=O)(=O)NC3(C)CC3)cc12. The number of fused-ring (bicyclic) bond motifs is 1. The Labute approximate surface area is 132 Å². The molecule has 0 spiro atoms. The summed E-state index contributed by atoms with van der Waals surface area (Å²) in [6.07, 6.45) is 2.62. The van der Waals surface area contributed by atoms with Crippen LogP contribution < -0.4 is 4.72 Å². The molecule has 7 nitrogen and oxygen atoms in total. The fraction of sp³-hybridized carbons (Fsp3) is 0.429. The molecule has 0 saturated heterocycles. The van der Waals surface area contributed by atoms with Gasteiger partial charge in [0.05, 0.1) is 23.2 Å². The molecule has 0 bridgehead atoms. The molecular formula is C14H16FN3O4S. The Morgan fingerprint density at radius 3 is 2.78 bits per heavy atom. The minimum absolute atomic E-state index is 0.0143. The number of esters is 1. The fourth-order valence-corrected chi connectivity index (χ4v) is 3.71. The summed E-state index contributed by atoms with van der Waals surface area (Å²) in [5, 5.41) is 3.76.